The monoisotopic (exact) mass is 224 g/mol. The maximum Gasteiger partial charge on any atom is 0.0763 e. The van der Waals surface area contributed by atoms with Gasteiger partial charge in [0, 0.05) is 6.54 Å². The number of hydrogen-bond donors (Lipinski definition) is 2. The van der Waals surface area contributed by atoms with Crippen molar-refractivity contribution in [3.05, 3.63) is 23.2 Å². The van der Waals surface area contributed by atoms with Gasteiger partial charge in [-0.3, -0.25) is 0 Å². The van der Waals surface area contributed by atoms with E-state index in [-0.39, 0.29) is 0 Å². The second kappa shape index (κ2) is 4.75. The third kappa shape index (κ3) is 2.57. The Balaban J connectivity index is 1.97. The van der Waals surface area contributed by atoms with Crippen LogP contribution >= 0.6 is 11.6 Å². The molecule has 0 unspecified atom stereocenters. The highest BCUT2D eigenvalue weighted by molar-refractivity contribution is 6.33. The number of hydrogen-bond acceptors (Lipinski definition) is 2. The molecule has 1 aromatic carbocycles. The summed E-state index contributed by atoms with van der Waals surface area (Å²) in [7, 11) is 0. The molecule has 0 atom stereocenters. The van der Waals surface area contributed by atoms with Crippen molar-refractivity contribution in [3.8, 4) is 0 Å². The van der Waals surface area contributed by atoms with Crippen LogP contribution in [0.15, 0.2) is 18.2 Å². The Morgan fingerprint density at radius 1 is 1.33 bits per heavy atom. The van der Waals surface area contributed by atoms with Crippen molar-refractivity contribution in [1.29, 1.82) is 0 Å². The van der Waals surface area contributed by atoms with Gasteiger partial charge in [0.1, 0.15) is 0 Å². The zero-order valence-corrected chi connectivity index (χ0v) is 9.56. The number of rotatable bonds is 3. The lowest BCUT2D eigenvalue weighted by atomic mass is 10.1. The first kappa shape index (κ1) is 10.6. The average Bonchev–Trinajstić information content (AvgIpc) is 2.70. The molecule has 0 bridgehead atoms. The van der Waals surface area contributed by atoms with Crippen LogP contribution in [0.4, 0.5) is 11.4 Å². The maximum atomic E-state index is 6.07. The first-order valence-corrected chi connectivity index (χ1v) is 5.93. The molecule has 0 spiro atoms. The van der Waals surface area contributed by atoms with Crippen LogP contribution in [-0.2, 0) is 0 Å². The summed E-state index contributed by atoms with van der Waals surface area (Å²) in [5.41, 5.74) is 7.49. The number of halogens is 1. The summed E-state index contributed by atoms with van der Waals surface area (Å²) in [4.78, 5) is 0. The highest BCUT2D eigenvalue weighted by atomic mass is 35.5. The summed E-state index contributed by atoms with van der Waals surface area (Å²) in [6.45, 7) is 0.994. The summed E-state index contributed by atoms with van der Waals surface area (Å²) in [6, 6.07) is 5.62. The Morgan fingerprint density at radius 3 is 2.73 bits per heavy atom. The van der Waals surface area contributed by atoms with E-state index in [9.17, 15) is 0 Å². The minimum atomic E-state index is 0.716. The zero-order chi connectivity index (χ0) is 10.7. The Kier molecular flexibility index (Phi) is 3.37. The molecule has 0 aliphatic heterocycles. The first-order valence-electron chi connectivity index (χ1n) is 5.55. The summed E-state index contributed by atoms with van der Waals surface area (Å²) in [6.07, 6.45) is 5.39. The molecule has 1 aliphatic carbocycles. The predicted octanol–water partition coefficient (Wildman–Crippen LogP) is 3.52. The quantitative estimate of drug-likeness (QED) is 0.771. The molecule has 2 nitrogen and oxygen atoms in total. The largest absolute Gasteiger partial charge is 0.397 e. The van der Waals surface area contributed by atoms with Crippen molar-refractivity contribution in [1.82, 2.24) is 0 Å². The fraction of sp³-hybridized carbons (Fsp3) is 0.500. The summed E-state index contributed by atoms with van der Waals surface area (Å²) in [5, 5.41) is 4.08. The van der Waals surface area contributed by atoms with Gasteiger partial charge in [-0.2, -0.15) is 0 Å². The minimum Gasteiger partial charge on any atom is -0.397 e. The van der Waals surface area contributed by atoms with Gasteiger partial charge in [-0.1, -0.05) is 30.5 Å². The smallest absolute Gasteiger partial charge is 0.0763 e. The number of nitrogens with one attached hydrogen (secondary N) is 1. The molecule has 0 radical (unpaired) electrons. The van der Waals surface area contributed by atoms with E-state index in [1.807, 2.05) is 18.2 Å². The molecule has 2 rings (SSSR count). The zero-order valence-electron chi connectivity index (χ0n) is 8.80. The molecule has 1 saturated carbocycles. The normalized spacial score (nSPS) is 16.9. The van der Waals surface area contributed by atoms with Crippen LogP contribution in [0.1, 0.15) is 25.7 Å². The molecule has 0 amide bonds. The molecule has 3 N–H and O–H groups in total. The van der Waals surface area contributed by atoms with Gasteiger partial charge in [0.05, 0.1) is 16.4 Å². The van der Waals surface area contributed by atoms with Crippen molar-refractivity contribution < 1.29 is 0 Å². The van der Waals surface area contributed by atoms with Gasteiger partial charge in [0.2, 0.25) is 0 Å². The van der Waals surface area contributed by atoms with E-state index in [1.54, 1.807) is 0 Å². The average molecular weight is 225 g/mol. The van der Waals surface area contributed by atoms with Crippen LogP contribution in [0, 0.1) is 5.92 Å². The standard InChI is InChI=1S/C12H17ClN2/c13-10-6-3-7-11(14)12(10)15-8-9-4-1-2-5-9/h3,6-7,9,15H,1-2,4-5,8,14H2. The predicted molar refractivity (Wildman–Crippen MR) is 66.3 cm³/mol. The lowest BCUT2D eigenvalue weighted by Gasteiger charge is -2.14. The molecule has 15 heavy (non-hydrogen) atoms. The Hall–Kier alpha value is -0.890. The van der Waals surface area contributed by atoms with E-state index in [0.29, 0.717) is 5.02 Å². The second-order valence-electron chi connectivity index (χ2n) is 4.24. The van der Waals surface area contributed by atoms with Crippen molar-refractivity contribution >= 4 is 23.0 Å². The highest BCUT2D eigenvalue weighted by Crippen LogP contribution is 2.30. The van der Waals surface area contributed by atoms with E-state index in [2.05, 4.69) is 5.32 Å². The van der Waals surface area contributed by atoms with E-state index in [0.717, 1.165) is 23.8 Å². The Morgan fingerprint density at radius 2 is 2.07 bits per heavy atom. The van der Waals surface area contributed by atoms with Gasteiger partial charge in [-0.15, -0.1) is 0 Å². The van der Waals surface area contributed by atoms with Crippen molar-refractivity contribution in [2.75, 3.05) is 17.6 Å². The van der Waals surface area contributed by atoms with Crippen LogP contribution in [0.5, 0.6) is 0 Å². The first-order chi connectivity index (χ1) is 7.27. The fourth-order valence-electron chi connectivity index (χ4n) is 2.19. The third-order valence-corrected chi connectivity index (χ3v) is 3.40. The van der Waals surface area contributed by atoms with Crippen molar-refractivity contribution in [2.24, 2.45) is 5.92 Å². The minimum absolute atomic E-state index is 0.716. The van der Waals surface area contributed by atoms with Crippen molar-refractivity contribution in [2.45, 2.75) is 25.7 Å². The highest BCUT2D eigenvalue weighted by Gasteiger charge is 2.15. The number of nitrogens with two attached hydrogens (primary N) is 1. The summed E-state index contributed by atoms with van der Waals surface area (Å²) >= 11 is 6.07. The third-order valence-electron chi connectivity index (χ3n) is 3.09. The lowest BCUT2D eigenvalue weighted by molar-refractivity contribution is 0.580. The number of para-hydroxylation sites is 1. The molecule has 1 fully saturated rings. The summed E-state index contributed by atoms with van der Waals surface area (Å²) < 4.78 is 0. The Labute approximate surface area is 95.8 Å². The molecule has 0 saturated heterocycles. The number of anilines is 2. The second-order valence-corrected chi connectivity index (χ2v) is 4.64. The van der Waals surface area contributed by atoms with Gasteiger partial charge >= 0.3 is 0 Å². The van der Waals surface area contributed by atoms with Crippen LogP contribution in [-0.4, -0.2) is 6.54 Å². The van der Waals surface area contributed by atoms with E-state index < -0.39 is 0 Å². The molecule has 82 valence electrons. The van der Waals surface area contributed by atoms with Crippen LogP contribution in [0.25, 0.3) is 0 Å². The van der Waals surface area contributed by atoms with Crippen LogP contribution in [0.3, 0.4) is 0 Å². The topological polar surface area (TPSA) is 38.0 Å². The maximum absolute atomic E-state index is 6.07. The molecule has 3 heteroatoms. The lowest BCUT2D eigenvalue weighted by Crippen LogP contribution is -2.12. The van der Waals surface area contributed by atoms with E-state index in [4.69, 9.17) is 17.3 Å². The van der Waals surface area contributed by atoms with E-state index in [1.165, 1.54) is 25.7 Å². The summed E-state index contributed by atoms with van der Waals surface area (Å²) in [5.74, 6) is 0.792. The number of nitrogen functional groups attached to an aromatic ring is 1. The van der Waals surface area contributed by atoms with E-state index >= 15 is 0 Å². The van der Waals surface area contributed by atoms with Gasteiger partial charge in [0.25, 0.3) is 0 Å². The molecule has 1 aliphatic rings. The van der Waals surface area contributed by atoms with Crippen LogP contribution < -0.4 is 11.1 Å². The van der Waals surface area contributed by atoms with Crippen LogP contribution in [0.2, 0.25) is 5.02 Å². The SMILES string of the molecule is Nc1cccc(Cl)c1NCC1CCCC1. The molecule has 0 aromatic heterocycles. The fourth-order valence-corrected chi connectivity index (χ4v) is 2.44. The Bertz CT molecular complexity index is 312. The van der Waals surface area contributed by atoms with Gasteiger partial charge < -0.3 is 11.1 Å². The van der Waals surface area contributed by atoms with Crippen molar-refractivity contribution in [3.63, 3.8) is 0 Å². The molecule has 0 heterocycles. The van der Waals surface area contributed by atoms with Gasteiger partial charge in [-0.25, -0.2) is 0 Å². The molecular weight excluding hydrogens is 208 g/mol. The van der Waals surface area contributed by atoms with Gasteiger partial charge in [0.15, 0.2) is 0 Å². The molecular formula is C12H17ClN2. The number of benzene rings is 1. The molecule has 1 aromatic rings. The van der Waals surface area contributed by atoms with Gasteiger partial charge in [-0.05, 0) is 30.9 Å².